The van der Waals surface area contributed by atoms with E-state index in [0.717, 1.165) is 6.42 Å². The topological polar surface area (TPSA) is 72.7 Å². The third kappa shape index (κ3) is 3.63. The highest BCUT2D eigenvalue weighted by molar-refractivity contribution is 5.84. The maximum absolute atomic E-state index is 11.7. The van der Waals surface area contributed by atoms with Gasteiger partial charge in [-0.1, -0.05) is 13.8 Å². The average molecular weight is 273 g/mol. The number of hydrogen-bond acceptors (Lipinski definition) is 5. The van der Waals surface area contributed by atoms with Crippen molar-refractivity contribution in [2.24, 2.45) is 5.92 Å². The van der Waals surface area contributed by atoms with Gasteiger partial charge in [0.1, 0.15) is 12.1 Å². The Morgan fingerprint density at radius 2 is 2.20 bits per heavy atom. The molecular formula is C14H19N5O. The summed E-state index contributed by atoms with van der Waals surface area (Å²) in [7, 11) is 0. The molecule has 0 aliphatic heterocycles. The molecule has 2 heterocycles. The first-order chi connectivity index (χ1) is 9.56. The number of aromatic nitrogens is 4. The lowest BCUT2D eigenvalue weighted by Crippen LogP contribution is -2.29. The van der Waals surface area contributed by atoms with Crippen molar-refractivity contribution in [3.8, 4) is 5.95 Å². The minimum atomic E-state index is -0.222. The van der Waals surface area contributed by atoms with E-state index in [1.54, 1.807) is 42.5 Å². The molecular weight excluding hydrogens is 254 g/mol. The Kier molecular flexibility index (Phi) is 4.45. The average Bonchev–Trinajstić information content (AvgIpc) is 2.91. The normalized spacial score (nSPS) is 12.4. The molecule has 0 amide bonds. The van der Waals surface area contributed by atoms with E-state index < -0.39 is 0 Å². The van der Waals surface area contributed by atoms with Crippen LogP contribution in [0.1, 0.15) is 27.2 Å². The Balaban J connectivity index is 2.16. The van der Waals surface area contributed by atoms with Crippen LogP contribution in [0.5, 0.6) is 0 Å². The van der Waals surface area contributed by atoms with Gasteiger partial charge in [-0.3, -0.25) is 9.36 Å². The summed E-state index contributed by atoms with van der Waals surface area (Å²) in [6, 6.07) is 1.54. The van der Waals surface area contributed by atoms with Crippen LogP contribution in [0.25, 0.3) is 5.95 Å². The van der Waals surface area contributed by atoms with Crippen molar-refractivity contribution in [2.75, 3.05) is 5.32 Å². The van der Waals surface area contributed by atoms with Crippen molar-refractivity contribution in [1.82, 2.24) is 19.5 Å². The maximum atomic E-state index is 11.7. The van der Waals surface area contributed by atoms with E-state index in [9.17, 15) is 4.79 Å². The fraction of sp³-hybridized carbons (Fsp3) is 0.429. The maximum Gasteiger partial charge on any atom is 0.236 e. The Morgan fingerprint density at radius 3 is 2.80 bits per heavy atom. The van der Waals surface area contributed by atoms with Gasteiger partial charge in [-0.15, -0.1) is 0 Å². The third-order valence-electron chi connectivity index (χ3n) is 2.90. The molecule has 0 spiro atoms. The first-order valence-electron chi connectivity index (χ1n) is 6.64. The van der Waals surface area contributed by atoms with Gasteiger partial charge < -0.3 is 5.32 Å². The molecule has 2 aromatic rings. The summed E-state index contributed by atoms with van der Waals surface area (Å²) >= 11 is 0. The van der Waals surface area contributed by atoms with E-state index in [2.05, 4.69) is 34.1 Å². The summed E-state index contributed by atoms with van der Waals surface area (Å²) < 4.78 is 1.72. The fourth-order valence-electron chi connectivity index (χ4n) is 1.91. The highest BCUT2D eigenvalue weighted by Gasteiger charge is 2.16. The van der Waals surface area contributed by atoms with Crippen LogP contribution in [0.3, 0.4) is 0 Å². The molecule has 0 radical (unpaired) electrons. The first-order valence-corrected chi connectivity index (χ1v) is 6.64. The van der Waals surface area contributed by atoms with Crippen molar-refractivity contribution in [3.05, 3.63) is 31.0 Å². The van der Waals surface area contributed by atoms with Gasteiger partial charge >= 0.3 is 0 Å². The summed E-state index contributed by atoms with van der Waals surface area (Å²) in [6.07, 6.45) is 7.52. The molecule has 2 rings (SSSR count). The fourth-order valence-corrected chi connectivity index (χ4v) is 1.91. The summed E-state index contributed by atoms with van der Waals surface area (Å²) in [4.78, 5) is 24.2. The Bertz CT molecular complexity index is 565. The third-order valence-corrected chi connectivity index (χ3v) is 2.90. The van der Waals surface area contributed by atoms with E-state index in [1.165, 1.54) is 0 Å². The zero-order valence-electron chi connectivity index (χ0n) is 11.9. The molecule has 0 fully saturated rings. The lowest BCUT2D eigenvalue weighted by molar-refractivity contribution is -0.118. The van der Waals surface area contributed by atoms with Crippen molar-refractivity contribution in [3.63, 3.8) is 0 Å². The number of Topliss-reactive ketones (excluding diaryl/α,β-unsaturated/α-hetero) is 1. The smallest absolute Gasteiger partial charge is 0.236 e. The molecule has 0 saturated heterocycles. The number of anilines is 1. The second kappa shape index (κ2) is 6.27. The number of carbonyl (C=O) groups is 1. The summed E-state index contributed by atoms with van der Waals surface area (Å²) in [6.45, 7) is 5.78. The SMILES string of the molecule is CC(=O)C(CC(C)C)Nc1ccnc(-n2ccnc2)n1. The monoisotopic (exact) mass is 273 g/mol. The Labute approximate surface area is 118 Å². The molecule has 0 aliphatic carbocycles. The molecule has 1 atom stereocenters. The predicted octanol–water partition coefficient (Wildman–Crippen LogP) is 2.08. The van der Waals surface area contributed by atoms with Crippen LogP contribution in [-0.4, -0.2) is 31.3 Å². The summed E-state index contributed by atoms with van der Waals surface area (Å²) in [5, 5.41) is 3.18. The molecule has 1 N–H and O–H groups in total. The lowest BCUT2D eigenvalue weighted by atomic mass is 10.0. The van der Waals surface area contributed by atoms with E-state index in [4.69, 9.17) is 0 Å². The molecule has 0 saturated carbocycles. The molecule has 0 bridgehead atoms. The summed E-state index contributed by atoms with van der Waals surface area (Å²) in [5.41, 5.74) is 0. The number of ketones is 1. The van der Waals surface area contributed by atoms with Gasteiger partial charge in [0.25, 0.3) is 0 Å². The lowest BCUT2D eigenvalue weighted by Gasteiger charge is -2.18. The number of carbonyl (C=O) groups excluding carboxylic acids is 1. The molecule has 2 aromatic heterocycles. The summed E-state index contributed by atoms with van der Waals surface area (Å²) in [5.74, 6) is 1.72. The van der Waals surface area contributed by atoms with Gasteiger partial charge in [0.2, 0.25) is 5.95 Å². The molecule has 20 heavy (non-hydrogen) atoms. The van der Waals surface area contributed by atoms with Crippen LogP contribution in [0.2, 0.25) is 0 Å². The van der Waals surface area contributed by atoms with Crippen LogP contribution < -0.4 is 5.32 Å². The van der Waals surface area contributed by atoms with Gasteiger partial charge in [-0.05, 0) is 25.3 Å². The van der Waals surface area contributed by atoms with Crippen molar-refractivity contribution < 1.29 is 4.79 Å². The van der Waals surface area contributed by atoms with Crippen LogP contribution in [0, 0.1) is 5.92 Å². The minimum absolute atomic E-state index is 0.112. The van der Waals surface area contributed by atoms with Crippen LogP contribution >= 0.6 is 0 Å². The molecule has 6 nitrogen and oxygen atoms in total. The zero-order chi connectivity index (χ0) is 14.5. The standard InChI is InChI=1S/C14H19N5O/c1-10(2)8-12(11(3)20)17-13-4-5-16-14(18-13)19-7-6-15-9-19/h4-7,9-10,12H,8H2,1-3H3,(H,16,17,18). The molecule has 106 valence electrons. The quantitative estimate of drug-likeness (QED) is 0.872. The molecule has 1 unspecified atom stereocenters. The van der Waals surface area contributed by atoms with E-state index in [1.807, 2.05) is 0 Å². The Hall–Kier alpha value is -2.24. The number of imidazole rings is 1. The predicted molar refractivity (Wildman–Crippen MR) is 76.7 cm³/mol. The highest BCUT2D eigenvalue weighted by atomic mass is 16.1. The largest absolute Gasteiger partial charge is 0.360 e. The number of hydrogen-bond donors (Lipinski definition) is 1. The molecule has 6 heteroatoms. The minimum Gasteiger partial charge on any atom is -0.360 e. The van der Waals surface area contributed by atoms with E-state index >= 15 is 0 Å². The Morgan fingerprint density at radius 1 is 1.40 bits per heavy atom. The van der Waals surface area contributed by atoms with Crippen LogP contribution in [0.4, 0.5) is 5.82 Å². The van der Waals surface area contributed by atoms with Crippen molar-refractivity contribution in [2.45, 2.75) is 33.2 Å². The molecule has 0 aromatic carbocycles. The first kappa shape index (κ1) is 14.2. The second-order valence-corrected chi connectivity index (χ2v) is 5.15. The van der Waals surface area contributed by atoms with Crippen LogP contribution in [0.15, 0.2) is 31.0 Å². The van der Waals surface area contributed by atoms with Gasteiger partial charge in [0, 0.05) is 18.6 Å². The van der Waals surface area contributed by atoms with Gasteiger partial charge in [0.05, 0.1) is 6.04 Å². The molecule has 0 aliphatic rings. The zero-order valence-corrected chi connectivity index (χ0v) is 11.9. The number of rotatable bonds is 6. The van der Waals surface area contributed by atoms with Crippen molar-refractivity contribution >= 4 is 11.6 Å². The van der Waals surface area contributed by atoms with E-state index in [0.29, 0.717) is 17.7 Å². The number of nitrogens with zero attached hydrogens (tertiary/aromatic N) is 4. The number of nitrogens with one attached hydrogen (secondary N) is 1. The van der Waals surface area contributed by atoms with Crippen molar-refractivity contribution in [1.29, 1.82) is 0 Å². The van der Waals surface area contributed by atoms with E-state index in [-0.39, 0.29) is 11.8 Å². The van der Waals surface area contributed by atoms with Crippen LogP contribution in [-0.2, 0) is 4.79 Å². The highest BCUT2D eigenvalue weighted by Crippen LogP contribution is 2.13. The van der Waals surface area contributed by atoms with Gasteiger partial charge in [-0.2, -0.15) is 4.98 Å². The van der Waals surface area contributed by atoms with Gasteiger partial charge in [0.15, 0.2) is 5.78 Å². The second-order valence-electron chi connectivity index (χ2n) is 5.15. The van der Waals surface area contributed by atoms with Gasteiger partial charge in [-0.25, -0.2) is 9.97 Å².